The zero-order valence-corrected chi connectivity index (χ0v) is 17.2. The van der Waals surface area contributed by atoms with Crippen molar-refractivity contribution in [3.8, 4) is 5.75 Å². The Labute approximate surface area is 177 Å². The number of carbonyl (C=O) groups excluding carboxylic acids is 2. The average Bonchev–Trinajstić information content (AvgIpc) is 3.24. The summed E-state index contributed by atoms with van der Waals surface area (Å²) in [6.45, 7) is 0. The fourth-order valence-electron chi connectivity index (χ4n) is 2.58. The largest absolute Gasteiger partial charge is 0.494 e. The van der Waals surface area contributed by atoms with Crippen molar-refractivity contribution in [3.63, 3.8) is 0 Å². The predicted molar refractivity (Wildman–Crippen MR) is 120 cm³/mol. The van der Waals surface area contributed by atoms with Crippen LogP contribution in [-0.2, 0) is 11.2 Å². The molecule has 0 aliphatic heterocycles. The standard InChI is InChI=1S/C21H19N3O3S2/c1-27-17-13-15(9-10-16(17)23-20(26)18-8-5-11-29-18)22-21(28)24-19(25)12-14-6-3-2-4-7-14/h2-11,13H,12H2,1H3,(H,23,26)(H2,22,24,25,28). The first-order chi connectivity index (χ1) is 14.0. The van der Waals surface area contributed by atoms with Crippen LogP contribution in [0.5, 0.6) is 5.75 Å². The Kier molecular flexibility index (Phi) is 6.94. The van der Waals surface area contributed by atoms with Gasteiger partial charge in [0.05, 0.1) is 24.1 Å². The highest BCUT2D eigenvalue weighted by Gasteiger charge is 2.12. The highest BCUT2D eigenvalue weighted by Crippen LogP contribution is 2.28. The molecule has 0 saturated carbocycles. The number of methoxy groups -OCH3 is 1. The first-order valence-corrected chi connectivity index (χ1v) is 10.0. The van der Waals surface area contributed by atoms with E-state index in [0.717, 1.165) is 5.56 Å². The third kappa shape index (κ3) is 5.87. The molecule has 8 heteroatoms. The van der Waals surface area contributed by atoms with Gasteiger partial charge < -0.3 is 20.7 Å². The van der Waals surface area contributed by atoms with Crippen molar-refractivity contribution in [2.24, 2.45) is 0 Å². The van der Waals surface area contributed by atoms with Gasteiger partial charge in [-0.15, -0.1) is 11.3 Å². The van der Waals surface area contributed by atoms with Crippen LogP contribution in [0.2, 0.25) is 0 Å². The topological polar surface area (TPSA) is 79.5 Å². The predicted octanol–water partition coefficient (Wildman–Crippen LogP) is 4.06. The summed E-state index contributed by atoms with van der Waals surface area (Å²) in [5, 5.41) is 10.4. The van der Waals surface area contributed by atoms with Crippen LogP contribution < -0.4 is 20.7 Å². The van der Waals surface area contributed by atoms with E-state index >= 15 is 0 Å². The second kappa shape index (κ2) is 9.81. The second-order valence-electron chi connectivity index (χ2n) is 6.01. The summed E-state index contributed by atoms with van der Waals surface area (Å²) in [5.74, 6) is 0.0570. The highest BCUT2D eigenvalue weighted by molar-refractivity contribution is 7.80. The van der Waals surface area contributed by atoms with Gasteiger partial charge in [0.2, 0.25) is 5.91 Å². The molecule has 3 N–H and O–H groups in total. The average molecular weight is 426 g/mol. The Hall–Kier alpha value is -3.23. The Bertz CT molecular complexity index is 1010. The lowest BCUT2D eigenvalue weighted by molar-refractivity contribution is -0.119. The summed E-state index contributed by atoms with van der Waals surface area (Å²) in [5.41, 5.74) is 2.07. The van der Waals surface area contributed by atoms with E-state index in [1.54, 1.807) is 24.3 Å². The van der Waals surface area contributed by atoms with Gasteiger partial charge in [-0.1, -0.05) is 36.4 Å². The molecule has 0 unspecified atom stereocenters. The van der Waals surface area contributed by atoms with Gasteiger partial charge in [0, 0.05) is 11.8 Å². The van der Waals surface area contributed by atoms with Gasteiger partial charge in [-0.3, -0.25) is 9.59 Å². The number of thiocarbonyl (C=S) groups is 1. The molecule has 1 aromatic heterocycles. The maximum Gasteiger partial charge on any atom is 0.265 e. The number of hydrogen-bond donors (Lipinski definition) is 3. The van der Waals surface area contributed by atoms with Crippen LogP contribution in [0.25, 0.3) is 0 Å². The van der Waals surface area contributed by atoms with Gasteiger partial charge in [0.15, 0.2) is 5.11 Å². The molecule has 148 valence electrons. The number of anilines is 2. The first-order valence-electron chi connectivity index (χ1n) is 8.73. The second-order valence-corrected chi connectivity index (χ2v) is 7.37. The zero-order valence-electron chi connectivity index (χ0n) is 15.6. The van der Waals surface area contributed by atoms with Crippen molar-refractivity contribution in [2.75, 3.05) is 17.7 Å². The lowest BCUT2D eigenvalue weighted by atomic mass is 10.1. The Balaban J connectivity index is 1.59. The van der Waals surface area contributed by atoms with Crippen LogP contribution in [0.15, 0.2) is 66.0 Å². The summed E-state index contributed by atoms with van der Waals surface area (Å²) in [4.78, 5) is 25.0. The van der Waals surface area contributed by atoms with Gasteiger partial charge >= 0.3 is 0 Å². The molecular weight excluding hydrogens is 406 g/mol. The zero-order chi connectivity index (χ0) is 20.6. The van der Waals surface area contributed by atoms with Crippen LogP contribution in [0.4, 0.5) is 11.4 Å². The molecule has 0 saturated heterocycles. The minimum Gasteiger partial charge on any atom is -0.494 e. The highest BCUT2D eigenvalue weighted by atomic mass is 32.1. The van der Waals surface area contributed by atoms with E-state index < -0.39 is 0 Å². The summed E-state index contributed by atoms with van der Waals surface area (Å²) in [7, 11) is 1.51. The third-order valence-electron chi connectivity index (χ3n) is 3.91. The van der Waals surface area contributed by atoms with Crippen molar-refractivity contribution in [3.05, 3.63) is 76.5 Å². The third-order valence-corrected chi connectivity index (χ3v) is 4.99. The van der Waals surface area contributed by atoms with Gasteiger partial charge in [-0.2, -0.15) is 0 Å². The summed E-state index contributed by atoms with van der Waals surface area (Å²) >= 11 is 6.57. The first kappa shape index (κ1) is 20.5. The minimum absolute atomic E-state index is 0.184. The summed E-state index contributed by atoms with van der Waals surface area (Å²) < 4.78 is 5.36. The van der Waals surface area contributed by atoms with Crippen LogP contribution in [0, 0.1) is 0 Å². The Morgan fingerprint density at radius 3 is 2.52 bits per heavy atom. The van der Waals surface area contributed by atoms with Crippen LogP contribution in [-0.4, -0.2) is 24.0 Å². The van der Waals surface area contributed by atoms with Crippen LogP contribution >= 0.6 is 23.6 Å². The Morgan fingerprint density at radius 2 is 1.83 bits per heavy atom. The van der Waals surface area contributed by atoms with E-state index in [4.69, 9.17) is 17.0 Å². The number of amides is 2. The summed E-state index contributed by atoms with van der Waals surface area (Å²) in [6, 6.07) is 18.1. The number of thiophene rings is 1. The minimum atomic E-state index is -0.208. The van der Waals surface area contributed by atoms with Gasteiger partial charge in [-0.05, 0) is 41.4 Å². The van der Waals surface area contributed by atoms with Crippen LogP contribution in [0.1, 0.15) is 15.2 Å². The van der Waals surface area contributed by atoms with Crippen LogP contribution in [0.3, 0.4) is 0 Å². The van der Waals surface area contributed by atoms with Crippen molar-refractivity contribution in [1.82, 2.24) is 5.32 Å². The molecule has 0 radical (unpaired) electrons. The van der Waals surface area contributed by atoms with E-state index in [2.05, 4.69) is 16.0 Å². The molecule has 3 rings (SSSR count). The van der Waals surface area contributed by atoms with Crippen molar-refractivity contribution in [1.29, 1.82) is 0 Å². The monoisotopic (exact) mass is 425 g/mol. The maximum atomic E-state index is 12.2. The molecule has 0 aliphatic carbocycles. The van der Waals surface area contributed by atoms with Gasteiger partial charge in [0.25, 0.3) is 5.91 Å². The number of rotatable bonds is 6. The van der Waals surface area contributed by atoms with E-state index in [9.17, 15) is 9.59 Å². The van der Waals surface area contributed by atoms with E-state index in [1.165, 1.54) is 18.4 Å². The molecular formula is C21H19N3O3S2. The smallest absolute Gasteiger partial charge is 0.265 e. The summed E-state index contributed by atoms with van der Waals surface area (Å²) in [6.07, 6.45) is 0.236. The number of hydrogen-bond acceptors (Lipinski definition) is 5. The number of ether oxygens (including phenoxy) is 1. The molecule has 2 amide bonds. The molecule has 0 bridgehead atoms. The molecule has 2 aromatic carbocycles. The normalized spacial score (nSPS) is 10.1. The quantitative estimate of drug-likeness (QED) is 0.519. The molecule has 0 atom stereocenters. The van der Waals surface area contributed by atoms with Crippen molar-refractivity contribution >= 4 is 51.9 Å². The van der Waals surface area contributed by atoms with Gasteiger partial charge in [-0.25, -0.2) is 0 Å². The molecule has 0 fully saturated rings. The number of nitrogens with one attached hydrogen (secondary N) is 3. The van der Waals surface area contributed by atoms with Crippen molar-refractivity contribution in [2.45, 2.75) is 6.42 Å². The lowest BCUT2D eigenvalue weighted by Gasteiger charge is -2.14. The van der Waals surface area contributed by atoms with Crippen molar-refractivity contribution < 1.29 is 14.3 Å². The maximum absolute atomic E-state index is 12.2. The van der Waals surface area contributed by atoms with Gasteiger partial charge in [0.1, 0.15) is 5.75 Å². The molecule has 1 heterocycles. The van der Waals surface area contributed by atoms with E-state index in [-0.39, 0.29) is 23.3 Å². The molecule has 0 spiro atoms. The fourth-order valence-corrected chi connectivity index (χ4v) is 3.43. The van der Waals surface area contributed by atoms with E-state index in [0.29, 0.717) is 22.0 Å². The van der Waals surface area contributed by atoms with E-state index in [1.807, 2.05) is 41.8 Å². The number of carbonyl (C=O) groups is 2. The SMILES string of the molecule is COc1cc(NC(=S)NC(=O)Cc2ccccc2)ccc1NC(=O)c1cccs1. The molecule has 29 heavy (non-hydrogen) atoms. The lowest BCUT2D eigenvalue weighted by Crippen LogP contribution is -2.35. The molecule has 0 aliphatic rings. The Morgan fingerprint density at radius 1 is 1.03 bits per heavy atom. The fraction of sp³-hybridized carbons (Fsp3) is 0.0952. The molecule has 3 aromatic rings. The molecule has 6 nitrogen and oxygen atoms in total. The number of benzene rings is 2.